The van der Waals surface area contributed by atoms with Gasteiger partial charge in [-0.15, -0.1) is 5.10 Å². The van der Waals surface area contributed by atoms with Crippen LogP contribution in [0.3, 0.4) is 0 Å². The second-order valence-corrected chi connectivity index (χ2v) is 6.33. The molecule has 6 heteroatoms. The van der Waals surface area contributed by atoms with E-state index in [1.807, 2.05) is 24.3 Å². The molecular formula is C20H29N3O3. The summed E-state index contributed by atoms with van der Waals surface area (Å²) >= 11 is 0. The number of carbonyl (C=O) groups excluding carboxylic acids is 1. The summed E-state index contributed by atoms with van der Waals surface area (Å²) < 4.78 is 11.7. The van der Waals surface area contributed by atoms with Crippen molar-refractivity contribution in [2.24, 2.45) is 0 Å². The molecule has 0 radical (unpaired) electrons. The molecule has 26 heavy (non-hydrogen) atoms. The van der Waals surface area contributed by atoms with Crippen molar-refractivity contribution in [3.05, 3.63) is 24.3 Å². The quantitative estimate of drug-likeness (QED) is 0.542. The Balaban J connectivity index is 2.01. The zero-order chi connectivity index (χ0) is 18.8. The van der Waals surface area contributed by atoms with E-state index in [1.165, 1.54) is 43.9 Å². The summed E-state index contributed by atoms with van der Waals surface area (Å²) in [5.74, 6) is 1.12. The molecular weight excluding hydrogens is 330 g/mol. The van der Waals surface area contributed by atoms with Crippen LogP contribution in [0.2, 0.25) is 0 Å². The van der Waals surface area contributed by atoms with Crippen molar-refractivity contribution in [2.45, 2.75) is 58.3 Å². The third kappa shape index (κ3) is 5.58. The topological polar surface area (TPSA) is 66.2 Å². The predicted molar refractivity (Wildman–Crippen MR) is 102 cm³/mol. The van der Waals surface area contributed by atoms with Gasteiger partial charge >= 0.3 is 6.01 Å². The summed E-state index contributed by atoms with van der Waals surface area (Å²) in [6, 6.07) is 7.61. The third-order valence-corrected chi connectivity index (χ3v) is 4.33. The fourth-order valence-electron chi connectivity index (χ4n) is 2.84. The third-order valence-electron chi connectivity index (χ3n) is 4.33. The highest BCUT2D eigenvalue weighted by atomic mass is 16.5. The van der Waals surface area contributed by atoms with Gasteiger partial charge in [-0.2, -0.15) is 9.67 Å². The van der Waals surface area contributed by atoms with Crippen LogP contribution in [0.25, 0.3) is 11.4 Å². The molecule has 0 aliphatic rings. The van der Waals surface area contributed by atoms with E-state index in [-0.39, 0.29) is 11.9 Å². The number of ether oxygens (including phenoxy) is 2. The van der Waals surface area contributed by atoms with Gasteiger partial charge in [0.05, 0.1) is 14.2 Å². The van der Waals surface area contributed by atoms with Crippen LogP contribution in [0.4, 0.5) is 0 Å². The van der Waals surface area contributed by atoms with Gasteiger partial charge in [-0.05, 0) is 18.6 Å². The molecule has 0 aliphatic carbocycles. The smallest absolute Gasteiger partial charge is 0.336 e. The Morgan fingerprint density at radius 3 is 2.46 bits per heavy atom. The Labute approximate surface area is 155 Å². The maximum Gasteiger partial charge on any atom is 0.336 e. The fourth-order valence-corrected chi connectivity index (χ4v) is 2.84. The lowest BCUT2D eigenvalue weighted by Crippen LogP contribution is -2.14. The lowest BCUT2D eigenvalue weighted by Gasteiger charge is -2.06. The van der Waals surface area contributed by atoms with Gasteiger partial charge in [0.15, 0.2) is 5.82 Å². The van der Waals surface area contributed by atoms with Crippen molar-refractivity contribution in [3.63, 3.8) is 0 Å². The van der Waals surface area contributed by atoms with Gasteiger partial charge in [0.1, 0.15) is 5.75 Å². The van der Waals surface area contributed by atoms with Gasteiger partial charge in [-0.3, -0.25) is 4.79 Å². The summed E-state index contributed by atoms with van der Waals surface area (Å²) in [6.07, 6.45) is 8.63. The molecule has 2 aromatic rings. The minimum Gasteiger partial charge on any atom is -0.497 e. The zero-order valence-corrected chi connectivity index (χ0v) is 16.0. The maximum absolute atomic E-state index is 12.6. The number of unbranched alkanes of at least 4 members (excludes halogenated alkanes) is 6. The van der Waals surface area contributed by atoms with Gasteiger partial charge in [0.25, 0.3) is 0 Å². The SMILES string of the molecule is CCCCCCCCCC(=O)n1nc(OC)nc1-c1cccc(OC)c1. The minimum atomic E-state index is -0.0628. The molecule has 2 rings (SSSR count). The number of hydrogen-bond donors (Lipinski definition) is 0. The van der Waals surface area contributed by atoms with Crippen molar-refractivity contribution in [1.82, 2.24) is 14.8 Å². The van der Waals surface area contributed by atoms with Crippen LogP contribution < -0.4 is 9.47 Å². The molecule has 0 amide bonds. The molecule has 0 aliphatic heterocycles. The fraction of sp³-hybridized carbons (Fsp3) is 0.550. The molecule has 0 spiro atoms. The van der Waals surface area contributed by atoms with Crippen LogP contribution in [0.1, 0.15) is 63.1 Å². The number of methoxy groups -OCH3 is 2. The highest BCUT2D eigenvalue weighted by Gasteiger charge is 2.18. The normalized spacial score (nSPS) is 10.7. The van der Waals surface area contributed by atoms with Crippen LogP contribution in [-0.2, 0) is 0 Å². The van der Waals surface area contributed by atoms with Crippen molar-refractivity contribution in [1.29, 1.82) is 0 Å². The monoisotopic (exact) mass is 359 g/mol. The van der Waals surface area contributed by atoms with Crippen molar-refractivity contribution in [2.75, 3.05) is 14.2 Å². The highest BCUT2D eigenvalue weighted by Crippen LogP contribution is 2.24. The van der Waals surface area contributed by atoms with Gasteiger partial charge in [-0.1, -0.05) is 57.6 Å². The first kappa shape index (κ1) is 19.9. The molecule has 0 atom stereocenters. The molecule has 6 nitrogen and oxygen atoms in total. The first-order chi connectivity index (χ1) is 12.7. The molecule has 142 valence electrons. The number of nitrogens with zero attached hydrogens (tertiary/aromatic N) is 3. The zero-order valence-electron chi connectivity index (χ0n) is 16.0. The summed E-state index contributed by atoms with van der Waals surface area (Å²) in [6.45, 7) is 2.21. The predicted octanol–water partition coefficient (Wildman–Crippen LogP) is 4.74. The van der Waals surface area contributed by atoms with E-state index in [0.717, 1.165) is 18.4 Å². The average Bonchev–Trinajstić information content (AvgIpc) is 3.12. The van der Waals surface area contributed by atoms with Crippen molar-refractivity contribution in [3.8, 4) is 23.1 Å². The van der Waals surface area contributed by atoms with Crippen LogP contribution in [0.15, 0.2) is 24.3 Å². The van der Waals surface area contributed by atoms with Gasteiger partial charge < -0.3 is 9.47 Å². The van der Waals surface area contributed by atoms with E-state index >= 15 is 0 Å². The van der Waals surface area contributed by atoms with E-state index in [9.17, 15) is 4.79 Å². The highest BCUT2D eigenvalue weighted by molar-refractivity contribution is 5.82. The van der Waals surface area contributed by atoms with Gasteiger partial charge in [0.2, 0.25) is 5.91 Å². The molecule has 1 aromatic carbocycles. The lowest BCUT2D eigenvalue weighted by molar-refractivity contribution is 0.0883. The summed E-state index contributed by atoms with van der Waals surface area (Å²) in [4.78, 5) is 17.0. The Kier molecular flexibility index (Phi) is 8.12. The Morgan fingerprint density at radius 1 is 1.04 bits per heavy atom. The second-order valence-electron chi connectivity index (χ2n) is 6.33. The van der Waals surface area contributed by atoms with Crippen LogP contribution in [0.5, 0.6) is 11.8 Å². The molecule has 0 saturated carbocycles. The number of aromatic nitrogens is 3. The van der Waals surface area contributed by atoms with Gasteiger partial charge in [-0.25, -0.2) is 0 Å². The molecule has 1 heterocycles. The largest absolute Gasteiger partial charge is 0.497 e. The van der Waals surface area contributed by atoms with E-state index in [1.54, 1.807) is 7.11 Å². The lowest BCUT2D eigenvalue weighted by atomic mass is 10.1. The second kappa shape index (κ2) is 10.6. The van der Waals surface area contributed by atoms with Crippen molar-refractivity contribution >= 4 is 5.91 Å². The molecule has 0 bridgehead atoms. The van der Waals surface area contributed by atoms with Crippen LogP contribution in [0, 0.1) is 0 Å². The first-order valence-electron chi connectivity index (χ1n) is 9.38. The maximum atomic E-state index is 12.6. The van der Waals surface area contributed by atoms with Crippen molar-refractivity contribution < 1.29 is 14.3 Å². The van der Waals surface area contributed by atoms with E-state index < -0.39 is 0 Å². The van der Waals surface area contributed by atoms with Crippen LogP contribution >= 0.6 is 0 Å². The molecule has 0 N–H and O–H groups in total. The van der Waals surface area contributed by atoms with Crippen LogP contribution in [-0.4, -0.2) is 34.9 Å². The van der Waals surface area contributed by atoms with E-state index in [0.29, 0.717) is 18.0 Å². The van der Waals surface area contributed by atoms with E-state index in [2.05, 4.69) is 17.0 Å². The number of rotatable bonds is 11. The summed E-state index contributed by atoms with van der Waals surface area (Å²) in [5, 5.41) is 4.19. The molecule has 0 unspecified atom stereocenters. The number of hydrogen-bond acceptors (Lipinski definition) is 5. The number of benzene rings is 1. The average molecular weight is 359 g/mol. The Bertz CT molecular complexity index is 697. The summed E-state index contributed by atoms with van der Waals surface area (Å²) in [7, 11) is 3.10. The Hall–Kier alpha value is -2.37. The molecule has 0 saturated heterocycles. The molecule has 0 fully saturated rings. The summed E-state index contributed by atoms with van der Waals surface area (Å²) in [5.41, 5.74) is 0.771. The minimum absolute atomic E-state index is 0.0628. The standard InChI is InChI=1S/C20H29N3O3/c1-4-5-6-7-8-9-10-14-18(24)23-19(21-20(22-23)26-3)16-12-11-13-17(15-16)25-2/h11-13,15H,4-10,14H2,1-3H3. The Morgan fingerprint density at radius 2 is 1.77 bits per heavy atom. The first-order valence-corrected chi connectivity index (χ1v) is 9.38. The van der Waals surface area contributed by atoms with E-state index in [4.69, 9.17) is 9.47 Å². The van der Waals surface area contributed by atoms with Gasteiger partial charge in [0, 0.05) is 12.0 Å². The molecule has 1 aromatic heterocycles. The number of carbonyl (C=O) groups is 1.